The fraction of sp³-hybridized carbons (Fsp3) is 0.167. The number of aromatic nitrogens is 1. The summed E-state index contributed by atoms with van der Waals surface area (Å²) in [6, 6.07) is 2.68. The molecule has 0 unspecified atom stereocenters. The van der Waals surface area contributed by atoms with Crippen LogP contribution in [0.3, 0.4) is 0 Å². The molecule has 0 spiro atoms. The zero-order chi connectivity index (χ0) is 10.1. The number of pyridine rings is 1. The fourth-order valence-electron chi connectivity index (χ4n) is 0.780. The van der Waals surface area contributed by atoms with Gasteiger partial charge in [0, 0.05) is 17.8 Å². The first-order valence-corrected chi connectivity index (χ1v) is 5.08. The van der Waals surface area contributed by atoms with Crippen LogP contribution in [-0.4, -0.2) is 13.4 Å². The first-order valence-electron chi connectivity index (χ1n) is 3.23. The van der Waals surface area contributed by atoms with Crippen molar-refractivity contribution in [3.63, 3.8) is 0 Å². The van der Waals surface area contributed by atoms with Crippen molar-refractivity contribution in [1.82, 2.24) is 4.98 Å². The Morgan fingerprint density at radius 3 is 2.62 bits per heavy atom. The maximum Gasteiger partial charge on any atom is 0.380 e. The Balaban J connectivity index is 3.03. The normalized spacial score (nSPS) is 11.3. The van der Waals surface area contributed by atoms with Crippen LogP contribution in [-0.2, 0) is 10.3 Å². The van der Waals surface area contributed by atoms with Crippen molar-refractivity contribution in [3.05, 3.63) is 23.0 Å². The Hall–Kier alpha value is -0.850. The number of hydrogen-bond donors (Lipinski definition) is 1. The Morgan fingerprint density at radius 1 is 1.54 bits per heavy atom. The van der Waals surface area contributed by atoms with Crippen LogP contribution in [0.5, 0.6) is 5.75 Å². The van der Waals surface area contributed by atoms with Gasteiger partial charge in [0.2, 0.25) is 0 Å². The van der Waals surface area contributed by atoms with Crippen molar-refractivity contribution >= 4 is 21.9 Å². The molecule has 0 aliphatic carbocycles. The van der Waals surface area contributed by atoms with E-state index in [1.165, 1.54) is 12.1 Å². The number of nitrogens with two attached hydrogens (primary N) is 1. The van der Waals surface area contributed by atoms with E-state index in [1.807, 2.05) is 0 Å². The van der Waals surface area contributed by atoms with E-state index in [-0.39, 0.29) is 10.9 Å². The Kier molecular flexibility index (Phi) is 2.74. The molecule has 0 saturated carbocycles. The molecule has 0 aliphatic rings. The summed E-state index contributed by atoms with van der Waals surface area (Å²) in [4.78, 5) is 3.81. The molecule has 0 amide bonds. The zero-order valence-corrected chi connectivity index (χ0v) is 8.26. The van der Waals surface area contributed by atoms with Gasteiger partial charge in [-0.3, -0.25) is 0 Å². The van der Waals surface area contributed by atoms with Gasteiger partial charge in [0.05, 0.1) is 0 Å². The summed E-state index contributed by atoms with van der Waals surface area (Å²) in [6.45, 7) is 1.65. The SMILES string of the molecule is Cc1cc(OS(N)(=O)=O)cc(Cl)n1. The Labute approximate surface area is 80.7 Å². The van der Waals surface area contributed by atoms with Crippen LogP contribution >= 0.6 is 11.6 Å². The van der Waals surface area contributed by atoms with Crippen LogP contribution in [0.25, 0.3) is 0 Å². The molecule has 72 valence electrons. The lowest BCUT2D eigenvalue weighted by atomic mass is 10.4. The van der Waals surface area contributed by atoms with Crippen molar-refractivity contribution in [1.29, 1.82) is 0 Å². The molecule has 2 N–H and O–H groups in total. The smallest absolute Gasteiger partial charge is 0.371 e. The van der Waals surface area contributed by atoms with E-state index in [4.69, 9.17) is 11.6 Å². The van der Waals surface area contributed by atoms with Crippen LogP contribution in [0, 0.1) is 6.92 Å². The third-order valence-electron chi connectivity index (χ3n) is 1.11. The minimum absolute atomic E-state index is 0.0556. The topological polar surface area (TPSA) is 82.3 Å². The molecule has 13 heavy (non-hydrogen) atoms. The molecule has 0 aromatic carbocycles. The quantitative estimate of drug-likeness (QED) is 0.744. The highest BCUT2D eigenvalue weighted by Crippen LogP contribution is 2.17. The number of nitrogens with zero attached hydrogens (tertiary/aromatic N) is 1. The first-order chi connectivity index (χ1) is 5.87. The van der Waals surface area contributed by atoms with Crippen molar-refractivity contribution < 1.29 is 12.6 Å². The van der Waals surface area contributed by atoms with Gasteiger partial charge in [0.1, 0.15) is 10.9 Å². The molecule has 0 aliphatic heterocycles. The average Bonchev–Trinajstić information content (AvgIpc) is 1.78. The Bertz CT molecular complexity index is 398. The average molecular weight is 223 g/mol. The van der Waals surface area contributed by atoms with Gasteiger partial charge in [-0.25, -0.2) is 4.98 Å². The van der Waals surface area contributed by atoms with Gasteiger partial charge in [-0.1, -0.05) is 11.6 Å². The molecule has 1 aromatic heterocycles. The lowest BCUT2D eigenvalue weighted by Gasteiger charge is -2.02. The third-order valence-corrected chi connectivity index (χ3v) is 1.73. The molecule has 5 nitrogen and oxygen atoms in total. The van der Waals surface area contributed by atoms with Crippen molar-refractivity contribution in [3.8, 4) is 5.75 Å². The molecular weight excluding hydrogens is 216 g/mol. The number of hydrogen-bond acceptors (Lipinski definition) is 4. The van der Waals surface area contributed by atoms with Gasteiger partial charge in [-0.2, -0.15) is 13.6 Å². The molecule has 1 aromatic rings. The van der Waals surface area contributed by atoms with Gasteiger partial charge < -0.3 is 4.18 Å². The van der Waals surface area contributed by atoms with E-state index in [0.29, 0.717) is 5.69 Å². The fourth-order valence-corrected chi connectivity index (χ4v) is 1.39. The molecule has 0 radical (unpaired) electrons. The Morgan fingerprint density at radius 2 is 2.15 bits per heavy atom. The highest BCUT2D eigenvalue weighted by atomic mass is 35.5. The van der Waals surface area contributed by atoms with E-state index >= 15 is 0 Å². The second kappa shape index (κ2) is 3.49. The first kappa shape index (κ1) is 10.2. The molecule has 1 heterocycles. The second-order valence-corrected chi connectivity index (χ2v) is 3.88. The lowest BCUT2D eigenvalue weighted by molar-refractivity contribution is 0.487. The minimum Gasteiger partial charge on any atom is -0.371 e. The molecule has 0 bridgehead atoms. The predicted molar refractivity (Wildman–Crippen MR) is 47.7 cm³/mol. The number of halogens is 1. The molecule has 7 heteroatoms. The lowest BCUT2D eigenvalue weighted by Crippen LogP contribution is -2.19. The van der Waals surface area contributed by atoms with Gasteiger partial charge in [0.25, 0.3) is 0 Å². The van der Waals surface area contributed by atoms with Crippen LogP contribution < -0.4 is 9.32 Å². The number of aryl methyl sites for hydroxylation is 1. The van der Waals surface area contributed by atoms with Gasteiger partial charge in [-0.05, 0) is 6.92 Å². The predicted octanol–water partition coefficient (Wildman–Crippen LogP) is 0.626. The summed E-state index contributed by atoms with van der Waals surface area (Å²) >= 11 is 5.55. The van der Waals surface area contributed by atoms with Crippen LogP contribution in [0.2, 0.25) is 5.15 Å². The molecule has 1 rings (SSSR count). The summed E-state index contributed by atoms with van der Waals surface area (Å²) < 4.78 is 25.4. The monoisotopic (exact) mass is 222 g/mol. The van der Waals surface area contributed by atoms with Gasteiger partial charge >= 0.3 is 10.3 Å². The summed E-state index contributed by atoms with van der Waals surface area (Å²) in [5.74, 6) is 0.0556. The molecule has 0 fully saturated rings. The van der Waals surface area contributed by atoms with Crippen LogP contribution in [0.4, 0.5) is 0 Å². The van der Waals surface area contributed by atoms with Crippen molar-refractivity contribution in [2.24, 2.45) is 5.14 Å². The maximum absolute atomic E-state index is 10.5. The molecule has 0 atom stereocenters. The summed E-state index contributed by atoms with van der Waals surface area (Å²) in [7, 11) is -4.00. The minimum atomic E-state index is -4.00. The second-order valence-electron chi connectivity index (χ2n) is 2.34. The molecule has 0 saturated heterocycles. The van der Waals surface area contributed by atoms with E-state index in [0.717, 1.165) is 0 Å². The highest BCUT2D eigenvalue weighted by molar-refractivity contribution is 7.84. The number of rotatable bonds is 2. The zero-order valence-electron chi connectivity index (χ0n) is 6.69. The van der Waals surface area contributed by atoms with Gasteiger partial charge in [0.15, 0.2) is 0 Å². The third kappa shape index (κ3) is 3.58. The maximum atomic E-state index is 10.5. The van der Waals surface area contributed by atoms with E-state index in [9.17, 15) is 8.42 Å². The van der Waals surface area contributed by atoms with Crippen molar-refractivity contribution in [2.45, 2.75) is 6.92 Å². The largest absolute Gasteiger partial charge is 0.380 e. The van der Waals surface area contributed by atoms with E-state index in [1.54, 1.807) is 6.92 Å². The van der Waals surface area contributed by atoms with Crippen LogP contribution in [0.15, 0.2) is 12.1 Å². The highest BCUT2D eigenvalue weighted by Gasteiger charge is 2.06. The molecular formula is C6H7ClN2O3S. The summed E-state index contributed by atoms with van der Waals surface area (Å²) in [6.07, 6.45) is 0. The van der Waals surface area contributed by atoms with Crippen molar-refractivity contribution in [2.75, 3.05) is 0 Å². The van der Waals surface area contributed by atoms with Gasteiger partial charge in [-0.15, -0.1) is 0 Å². The summed E-state index contributed by atoms with van der Waals surface area (Å²) in [5, 5.41) is 4.81. The van der Waals surface area contributed by atoms with E-state index < -0.39 is 10.3 Å². The van der Waals surface area contributed by atoms with E-state index in [2.05, 4.69) is 14.3 Å². The van der Waals surface area contributed by atoms with Crippen LogP contribution in [0.1, 0.15) is 5.69 Å². The standard InChI is InChI=1S/C6H7ClN2O3S/c1-4-2-5(3-6(7)9-4)12-13(8,10)11/h2-3H,1H3,(H2,8,10,11). The summed E-state index contributed by atoms with van der Waals surface area (Å²) in [5.41, 5.74) is 0.547.